The highest BCUT2D eigenvalue weighted by molar-refractivity contribution is 7.11. The molecule has 0 aliphatic rings. The fourth-order valence-corrected chi connectivity index (χ4v) is 1.20. The van der Waals surface area contributed by atoms with Gasteiger partial charge < -0.3 is 10.2 Å². The molecule has 0 saturated carbocycles. The van der Waals surface area contributed by atoms with Gasteiger partial charge in [-0.15, -0.1) is 10.2 Å². The average Bonchev–Trinajstić information content (AvgIpc) is 2.34. The fraction of sp³-hybridized carbons (Fsp3) is 0.600. The summed E-state index contributed by atoms with van der Waals surface area (Å²) in [4.78, 5) is 0. The van der Waals surface area contributed by atoms with Crippen molar-refractivity contribution in [3.63, 3.8) is 0 Å². The first kappa shape index (κ1) is 7.59. The van der Waals surface area contributed by atoms with Crippen LogP contribution in [0.5, 0.6) is 0 Å². The summed E-state index contributed by atoms with van der Waals surface area (Å²) in [6, 6.07) is 0. The maximum atomic E-state index is 9.00. The third-order valence-electron chi connectivity index (χ3n) is 1.000. The number of aromatic nitrogens is 2. The zero-order valence-corrected chi connectivity index (χ0v) is 6.30. The molecule has 1 rings (SSSR count). The minimum atomic E-state index is -0.869. The fourth-order valence-electron chi connectivity index (χ4n) is 0.525. The number of aliphatic hydroxyl groups excluding tert-OH is 2. The SMILES string of the molecule is Cc1nnc([C@@H](O)CO)s1. The number of aliphatic hydroxyl groups is 2. The van der Waals surface area contributed by atoms with Gasteiger partial charge in [-0.1, -0.05) is 11.3 Å². The van der Waals surface area contributed by atoms with Gasteiger partial charge in [0.05, 0.1) is 6.61 Å². The second-order valence-corrected chi connectivity index (χ2v) is 3.07. The van der Waals surface area contributed by atoms with Crippen molar-refractivity contribution in [3.05, 3.63) is 10.0 Å². The van der Waals surface area contributed by atoms with Crippen LogP contribution in [0.3, 0.4) is 0 Å². The Morgan fingerprint density at radius 1 is 1.60 bits per heavy atom. The van der Waals surface area contributed by atoms with Gasteiger partial charge in [0, 0.05) is 0 Å². The van der Waals surface area contributed by atoms with Crippen molar-refractivity contribution in [2.45, 2.75) is 13.0 Å². The van der Waals surface area contributed by atoms with Crippen LogP contribution in [-0.2, 0) is 0 Å². The first-order chi connectivity index (χ1) is 4.74. The Hall–Kier alpha value is -0.520. The van der Waals surface area contributed by atoms with E-state index in [1.807, 2.05) is 0 Å². The second-order valence-electron chi connectivity index (χ2n) is 1.86. The molecule has 2 N–H and O–H groups in total. The Balaban J connectivity index is 2.74. The van der Waals surface area contributed by atoms with Gasteiger partial charge in [0.15, 0.2) is 0 Å². The Kier molecular flexibility index (Phi) is 2.31. The molecule has 0 aliphatic heterocycles. The maximum Gasteiger partial charge on any atom is 0.148 e. The summed E-state index contributed by atoms with van der Waals surface area (Å²) in [5.41, 5.74) is 0. The quantitative estimate of drug-likeness (QED) is 0.632. The van der Waals surface area contributed by atoms with E-state index < -0.39 is 6.10 Å². The lowest BCUT2D eigenvalue weighted by Crippen LogP contribution is -2.01. The molecule has 0 unspecified atom stereocenters. The Morgan fingerprint density at radius 3 is 2.70 bits per heavy atom. The molecule has 0 aliphatic carbocycles. The molecule has 0 fully saturated rings. The maximum absolute atomic E-state index is 9.00. The van der Waals surface area contributed by atoms with Crippen LogP contribution in [0.2, 0.25) is 0 Å². The number of aryl methyl sites for hydroxylation is 1. The van der Waals surface area contributed by atoms with Crippen molar-refractivity contribution in [1.82, 2.24) is 10.2 Å². The van der Waals surface area contributed by atoms with Gasteiger partial charge in [-0.05, 0) is 6.92 Å². The highest BCUT2D eigenvalue weighted by atomic mass is 32.1. The van der Waals surface area contributed by atoms with Gasteiger partial charge in [-0.25, -0.2) is 0 Å². The van der Waals surface area contributed by atoms with E-state index >= 15 is 0 Å². The summed E-state index contributed by atoms with van der Waals surface area (Å²) < 4.78 is 0. The molecule has 1 atom stereocenters. The molecular formula is C5H8N2O2S. The van der Waals surface area contributed by atoms with E-state index in [1.165, 1.54) is 11.3 Å². The van der Waals surface area contributed by atoms with Crippen LogP contribution < -0.4 is 0 Å². The van der Waals surface area contributed by atoms with Gasteiger partial charge in [0.2, 0.25) is 0 Å². The normalized spacial score (nSPS) is 13.5. The minimum absolute atomic E-state index is 0.297. The van der Waals surface area contributed by atoms with Crippen LogP contribution in [-0.4, -0.2) is 27.0 Å². The molecule has 5 heteroatoms. The van der Waals surface area contributed by atoms with Crippen LogP contribution in [0.25, 0.3) is 0 Å². The van der Waals surface area contributed by atoms with E-state index in [1.54, 1.807) is 6.92 Å². The molecule has 0 aromatic carbocycles. The van der Waals surface area contributed by atoms with E-state index in [2.05, 4.69) is 10.2 Å². The van der Waals surface area contributed by atoms with Gasteiger partial charge in [0.1, 0.15) is 16.1 Å². The topological polar surface area (TPSA) is 66.2 Å². The van der Waals surface area contributed by atoms with Gasteiger partial charge in [0.25, 0.3) is 0 Å². The zero-order chi connectivity index (χ0) is 7.56. The zero-order valence-electron chi connectivity index (χ0n) is 5.48. The monoisotopic (exact) mass is 160 g/mol. The van der Waals surface area contributed by atoms with Gasteiger partial charge in [-0.2, -0.15) is 0 Å². The number of hydrogen-bond donors (Lipinski definition) is 2. The Morgan fingerprint density at radius 2 is 2.30 bits per heavy atom. The van der Waals surface area contributed by atoms with E-state index in [-0.39, 0.29) is 6.61 Å². The van der Waals surface area contributed by atoms with Crippen LogP contribution in [0.4, 0.5) is 0 Å². The molecular weight excluding hydrogens is 152 g/mol. The lowest BCUT2D eigenvalue weighted by atomic mass is 10.4. The molecule has 1 heterocycles. The minimum Gasteiger partial charge on any atom is -0.393 e. The molecule has 4 nitrogen and oxygen atoms in total. The lowest BCUT2D eigenvalue weighted by molar-refractivity contribution is 0.0948. The summed E-state index contributed by atoms with van der Waals surface area (Å²) >= 11 is 1.29. The van der Waals surface area contributed by atoms with E-state index in [0.29, 0.717) is 5.01 Å². The molecule has 0 saturated heterocycles. The molecule has 56 valence electrons. The predicted octanol–water partition coefficient (Wildman–Crippen LogP) is -0.128. The van der Waals surface area contributed by atoms with E-state index in [0.717, 1.165) is 5.01 Å². The highest BCUT2D eigenvalue weighted by Crippen LogP contribution is 2.15. The predicted molar refractivity (Wildman–Crippen MR) is 36.7 cm³/mol. The largest absolute Gasteiger partial charge is 0.393 e. The summed E-state index contributed by atoms with van der Waals surface area (Å²) in [6.07, 6.45) is -0.869. The first-order valence-electron chi connectivity index (χ1n) is 2.83. The van der Waals surface area contributed by atoms with Crippen molar-refractivity contribution in [2.24, 2.45) is 0 Å². The highest BCUT2D eigenvalue weighted by Gasteiger charge is 2.09. The standard InChI is InChI=1S/C5H8N2O2S/c1-3-6-7-5(10-3)4(9)2-8/h4,8-9H,2H2,1H3/t4-/m0/s1. The average molecular weight is 160 g/mol. The van der Waals surface area contributed by atoms with Crippen molar-refractivity contribution < 1.29 is 10.2 Å². The van der Waals surface area contributed by atoms with Crippen molar-refractivity contribution in [3.8, 4) is 0 Å². The Labute approximate surface area is 62.2 Å². The Bertz CT molecular complexity index is 213. The lowest BCUT2D eigenvalue weighted by Gasteiger charge is -1.98. The van der Waals surface area contributed by atoms with Crippen LogP contribution in [0.15, 0.2) is 0 Å². The van der Waals surface area contributed by atoms with Crippen LogP contribution in [0.1, 0.15) is 16.1 Å². The molecule has 1 aromatic rings. The van der Waals surface area contributed by atoms with Gasteiger partial charge >= 0.3 is 0 Å². The van der Waals surface area contributed by atoms with Crippen molar-refractivity contribution in [2.75, 3.05) is 6.61 Å². The third-order valence-corrected chi connectivity index (χ3v) is 1.94. The molecule has 0 bridgehead atoms. The van der Waals surface area contributed by atoms with Gasteiger partial charge in [-0.3, -0.25) is 0 Å². The number of hydrogen-bond acceptors (Lipinski definition) is 5. The van der Waals surface area contributed by atoms with E-state index in [4.69, 9.17) is 10.2 Å². The van der Waals surface area contributed by atoms with Crippen LogP contribution in [0, 0.1) is 6.92 Å². The summed E-state index contributed by atoms with van der Waals surface area (Å²) in [5.74, 6) is 0. The summed E-state index contributed by atoms with van der Waals surface area (Å²) in [5, 5.41) is 26.1. The molecule has 0 spiro atoms. The smallest absolute Gasteiger partial charge is 0.148 e. The first-order valence-corrected chi connectivity index (χ1v) is 3.64. The molecule has 1 aromatic heterocycles. The third kappa shape index (κ3) is 1.50. The summed E-state index contributed by atoms with van der Waals surface area (Å²) in [6.45, 7) is 1.50. The number of rotatable bonds is 2. The summed E-state index contributed by atoms with van der Waals surface area (Å²) in [7, 11) is 0. The molecule has 0 amide bonds. The number of nitrogens with zero attached hydrogens (tertiary/aromatic N) is 2. The second kappa shape index (κ2) is 3.05. The molecule has 0 radical (unpaired) electrons. The molecule has 10 heavy (non-hydrogen) atoms. The van der Waals surface area contributed by atoms with E-state index in [9.17, 15) is 0 Å². The van der Waals surface area contributed by atoms with Crippen LogP contribution >= 0.6 is 11.3 Å². The van der Waals surface area contributed by atoms with Crippen molar-refractivity contribution >= 4 is 11.3 Å². The van der Waals surface area contributed by atoms with Crippen molar-refractivity contribution in [1.29, 1.82) is 0 Å².